The topological polar surface area (TPSA) is 84.0 Å². The summed E-state index contributed by atoms with van der Waals surface area (Å²) in [6, 6.07) is 11.9. The van der Waals surface area contributed by atoms with Gasteiger partial charge in [0, 0.05) is 25.6 Å². The number of aryl methyl sites for hydroxylation is 1. The molecule has 0 heterocycles. The number of amides is 1. The van der Waals surface area contributed by atoms with Gasteiger partial charge >= 0.3 is 0 Å². The van der Waals surface area contributed by atoms with Gasteiger partial charge in [0.25, 0.3) is 0 Å². The molecular weight excluding hydrogens is 404 g/mol. The number of hydrogen-bond acceptors (Lipinski definition) is 4. The molecule has 0 aliphatic heterocycles. The average molecular weight is 441 g/mol. The summed E-state index contributed by atoms with van der Waals surface area (Å²) in [6.07, 6.45) is 1.11. The van der Waals surface area contributed by atoms with E-state index in [1.165, 1.54) is 12.5 Å². The molecule has 0 fully saturated rings. The third-order valence-corrected chi connectivity index (χ3v) is 4.91. The van der Waals surface area contributed by atoms with Crippen molar-refractivity contribution in [3.05, 3.63) is 53.1 Å². The van der Waals surface area contributed by atoms with Crippen LogP contribution in [0, 0.1) is 6.92 Å². The summed E-state index contributed by atoms with van der Waals surface area (Å²) in [5.41, 5.74) is 3.85. The molecule has 0 aliphatic rings. The molecule has 0 aliphatic carbocycles. The summed E-state index contributed by atoms with van der Waals surface area (Å²) in [6.45, 7) is 11.6. The van der Waals surface area contributed by atoms with Crippen LogP contribution in [-0.2, 0) is 17.9 Å². The first-order chi connectivity index (χ1) is 15.4. The van der Waals surface area contributed by atoms with E-state index in [-0.39, 0.29) is 12.0 Å². The fraction of sp³-hybridized carbons (Fsp3) is 0.440. The lowest BCUT2D eigenvalue weighted by Crippen LogP contribution is -2.37. The molecule has 7 nitrogen and oxygen atoms in total. The van der Waals surface area contributed by atoms with Crippen molar-refractivity contribution < 1.29 is 14.3 Å². The lowest BCUT2D eigenvalue weighted by atomic mass is 10.1. The molecule has 174 valence electrons. The molecule has 7 heteroatoms. The van der Waals surface area contributed by atoms with Gasteiger partial charge in [-0.15, -0.1) is 0 Å². The van der Waals surface area contributed by atoms with Gasteiger partial charge in [-0.3, -0.25) is 4.79 Å². The second-order valence-corrected chi connectivity index (χ2v) is 7.71. The van der Waals surface area contributed by atoms with Crippen molar-refractivity contribution in [3.63, 3.8) is 0 Å². The number of nitrogens with zero attached hydrogens (tertiary/aromatic N) is 1. The van der Waals surface area contributed by atoms with Crippen LogP contribution in [0.1, 0.15) is 50.8 Å². The van der Waals surface area contributed by atoms with Gasteiger partial charge in [-0.2, -0.15) is 0 Å². The van der Waals surface area contributed by atoms with E-state index >= 15 is 0 Å². The number of nitrogens with one attached hydrogen (secondary N) is 3. The second kappa shape index (κ2) is 12.6. The molecule has 32 heavy (non-hydrogen) atoms. The number of carbonyl (C=O) groups is 1. The molecule has 0 aromatic heterocycles. The monoisotopic (exact) mass is 440 g/mol. The molecule has 2 aromatic carbocycles. The zero-order valence-corrected chi connectivity index (χ0v) is 20.0. The molecule has 2 rings (SSSR count). The number of guanidine groups is 1. The van der Waals surface area contributed by atoms with Crippen molar-refractivity contribution in [1.82, 2.24) is 10.6 Å². The SMILES string of the molecule is CCNC(=NCc1ccc(OC)c(NC(C)=O)c1)NCc1ccc(C)cc1OC(C)CC. The number of rotatable bonds is 10. The van der Waals surface area contributed by atoms with Crippen LogP contribution in [0.5, 0.6) is 11.5 Å². The van der Waals surface area contributed by atoms with Crippen LogP contribution >= 0.6 is 0 Å². The second-order valence-electron chi connectivity index (χ2n) is 7.71. The van der Waals surface area contributed by atoms with E-state index in [0.717, 1.165) is 29.8 Å². The lowest BCUT2D eigenvalue weighted by Gasteiger charge is -2.18. The number of aliphatic imine (C=N–C) groups is 1. The Hall–Kier alpha value is -3.22. The highest BCUT2D eigenvalue weighted by atomic mass is 16.5. The molecule has 0 bridgehead atoms. The Balaban J connectivity index is 2.14. The number of hydrogen-bond donors (Lipinski definition) is 3. The first kappa shape index (κ1) is 25.0. The van der Waals surface area contributed by atoms with E-state index in [4.69, 9.17) is 14.5 Å². The van der Waals surface area contributed by atoms with E-state index in [2.05, 4.69) is 54.9 Å². The fourth-order valence-corrected chi connectivity index (χ4v) is 3.05. The maximum Gasteiger partial charge on any atom is 0.221 e. The van der Waals surface area contributed by atoms with Crippen LogP contribution in [-0.4, -0.2) is 31.6 Å². The smallest absolute Gasteiger partial charge is 0.221 e. The molecule has 0 spiro atoms. The van der Waals surface area contributed by atoms with Crippen molar-refractivity contribution in [2.24, 2.45) is 4.99 Å². The Morgan fingerprint density at radius 2 is 1.88 bits per heavy atom. The third-order valence-electron chi connectivity index (χ3n) is 4.91. The van der Waals surface area contributed by atoms with Crippen LogP contribution in [0.3, 0.4) is 0 Å². The first-order valence-electron chi connectivity index (χ1n) is 11.1. The number of ether oxygens (including phenoxy) is 2. The van der Waals surface area contributed by atoms with E-state index in [9.17, 15) is 4.79 Å². The largest absolute Gasteiger partial charge is 0.495 e. The quantitative estimate of drug-likeness (QED) is 0.377. The van der Waals surface area contributed by atoms with Crippen molar-refractivity contribution in [2.75, 3.05) is 19.0 Å². The maximum atomic E-state index is 11.5. The van der Waals surface area contributed by atoms with Crippen molar-refractivity contribution in [1.29, 1.82) is 0 Å². The van der Waals surface area contributed by atoms with Gasteiger partial charge in [0.15, 0.2) is 5.96 Å². The number of anilines is 1. The fourth-order valence-electron chi connectivity index (χ4n) is 3.05. The van der Waals surface area contributed by atoms with Crippen LogP contribution in [0.2, 0.25) is 0 Å². The van der Waals surface area contributed by atoms with Crippen molar-refractivity contribution in [3.8, 4) is 11.5 Å². The van der Waals surface area contributed by atoms with E-state index in [1.807, 2.05) is 25.1 Å². The maximum absolute atomic E-state index is 11.5. The van der Waals surface area contributed by atoms with Crippen LogP contribution < -0.4 is 25.4 Å². The van der Waals surface area contributed by atoms with Crippen LogP contribution in [0.15, 0.2) is 41.4 Å². The predicted molar refractivity (Wildman–Crippen MR) is 131 cm³/mol. The molecular formula is C25H36N4O3. The lowest BCUT2D eigenvalue weighted by molar-refractivity contribution is -0.114. The summed E-state index contributed by atoms with van der Waals surface area (Å²) in [5.74, 6) is 2.08. The van der Waals surface area contributed by atoms with Gasteiger partial charge < -0.3 is 25.4 Å². The zero-order chi connectivity index (χ0) is 23.5. The molecule has 1 unspecified atom stereocenters. The van der Waals surface area contributed by atoms with Gasteiger partial charge in [0.05, 0.1) is 25.4 Å². The van der Waals surface area contributed by atoms with E-state index < -0.39 is 0 Å². The van der Waals surface area contributed by atoms with Crippen molar-refractivity contribution >= 4 is 17.6 Å². The summed E-state index contributed by atoms with van der Waals surface area (Å²) < 4.78 is 11.4. The summed E-state index contributed by atoms with van der Waals surface area (Å²) >= 11 is 0. The number of methoxy groups -OCH3 is 1. The summed E-state index contributed by atoms with van der Waals surface area (Å²) in [4.78, 5) is 16.2. The zero-order valence-electron chi connectivity index (χ0n) is 20.0. The highest BCUT2D eigenvalue weighted by Gasteiger charge is 2.10. The minimum absolute atomic E-state index is 0.146. The highest BCUT2D eigenvalue weighted by Crippen LogP contribution is 2.26. The third kappa shape index (κ3) is 7.80. The molecule has 1 amide bonds. The number of benzene rings is 2. The summed E-state index contributed by atoms with van der Waals surface area (Å²) in [7, 11) is 1.58. The van der Waals surface area contributed by atoms with Crippen LogP contribution in [0.25, 0.3) is 0 Å². The normalized spacial score (nSPS) is 12.1. The minimum Gasteiger partial charge on any atom is -0.495 e. The average Bonchev–Trinajstić information content (AvgIpc) is 2.76. The van der Waals surface area contributed by atoms with Gasteiger partial charge in [0.2, 0.25) is 5.91 Å². The minimum atomic E-state index is -0.146. The van der Waals surface area contributed by atoms with Gasteiger partial charge in [0.1, 0.15) is 11.5 Å². The molecule has 1 atom stereocenters. The highest BCUT2D eigenvalue weighted by molar-refractivity contribution is 5.90. The Labute approximate surface area is 191 Å². The Morgan fingerprint density at radius 1 is 1.09 bits per heavy atom. The first-order valence-corrected chi connectivity index (χ1v) is 11.1. The Morgan fingerprint density at radius 3 is 2.53 bits per heavy atom. The number of carbonyl (C=O) groups excluding carboxylic acids is 1. The predicted octanol–water partition coefficient (Wildman–Crippen LogP) is 4.39. The van der Waals surface area contributed by atoms with Crippen molar-refractivity contribution in [2.45, 2.75) is 60.2 Å². The van der Waals surface area contributed by atoms with E-state index in [1.54, 1.807) is 7.11 Å². The molecule has 0 radical (unpaired) electrons. The Kier molecular flexibility index (Phi) is 9.85. The molecule has 0 saturated heterocycles. The van der Waals surface area contributed by atoms with Gasteiger partial charge in [-0.25, -0.2) is 4.99 Å². The van der Waals surface area contributed by atoms with Gasteiger partial charge in [-0.1, -0.05) is 25.1 Å². The molecule has 2 aromatic rings. The Bertz CT molecular complexity index is 927. The van der Waals surface area contributed by atoms with Gasteiger partial charge in [-0.05, 0) is 56.5 Å². The standard InChI is InChI=1S/C25H36N4O3/c1-7-18(4)32-24-13-17(3)9-11-21(24)16-28-25(26-8-2)27-15-20-10-12-23(31-6)22(14-20)29-19(5)30/h9-14,18H,7-8,15-16H2,1-6H3,(H,29,30)(H2,26,27,28). The summed E-state index contributed by atoms with van der Waals surface area (Å²) in [5, 5.41) is 9.47. The molecule has 0 saturated carbocycles. The molecule has 3 N–H and O–H groups in total. The van der Waals surface area contributed by atoms with E-state index in [0.29, 0.717) is 30.5 Å². The van der Waals surface area contributed by atoms with Crippen LogP contribution in [0.4, 0.5) is 5.69 Å².